The highest BCUT2D eigenvalue weighted by atomic mass is 35.5. The summed E-state index contributed by atoms with van der Waals surface area (Å²) < 4.78 is 5.97. The third-order valence-electron chi connectivity index (χ3n) is 3.96. The summed E-state index contributed by atoms with van der Waals surface area (Å²) in [6, 6.07) is 8.49. The van der Waals surface area contributed by atoms with Crippen LogP contribution in [0, 0.1) is 13.8 Å². The maximum atomic E-state index is 6.03. The molecule has 0 radical (unpaired) electrons. The van der Waals surface area contributed by atoms with Gasteiger partial charge in [-0.2, -0.15) is 0 Å². The van der Waals surface area contributed by atoms with Gasteiger partial charge in [-0.1, -0.05) is 11.6 Å². The van der Waals surface area contributed by atoms with Crippen molar-refractivity contribution in [3.8, 4) is 5.75 Å². The normalized spacial score (nSPS) is 18.4. The molecule has 1 aromatic heterocycles. The Morgan fingerprint density at radius 1 is 1.38 bits per heavy atom. The third kappa shape index (κ3) is 3.25. The van der Waals surface area contributed by atoms with Gasteiger partial charge in [0, 0.05) is 33.8 Å². The van der Waals surface area contributed by atoms with Gasteiger partial charge in [-0.25, -0.2) is 0 Å². The Balaban J connectivity index is 1.58. The molecule has 2 unspecified atom stereocenters. The van der Waals surface area contributed by atoms with Gasteiger partial charge >= 0.3 is 0 Å². The Kier molecular flexibility index (Phi) is 4.25. The van der Waals surface area contributed by atoms with Gasteiger partial charge < -0.3 is 10.1 Å². The summed E-state index contributed by atoms with van der Waals surface area (Å²) in [4.78, 5) is 2.77. The maximum absolute atomic E-state index is 6.03. The van der Waals surface area contributed by atoms with Crippen LogP contribution in [0.25, 0.3) is 0 Å². The van der Waals surface area contributed by atoms with E-state index >= 15 is 0 Å². The Morgan fingerprint density at radius 2 is 2.19 bits per heavy atom. The minimum Gasteiger partial charge on any atom is -0.488 e. The molecule has 21 heavy (non-hydrogen) atoms. The van der Waals surface area contributed by atoms with Crippen LogP contribution in [0.5, 0.6) is 5.75 Å². The highest BCUT2D eigenvalue weighted by Gasteiger charge is 2.23. The number of hydrogen-bond acceptors (Lipinski definition) is 3. The molecule has 112 valence electrons. The van der Waals surface area contributed by atoms with Crippen molar-refractivity contribution in [2.75, 3.05) is 6.54 Å². The van der Waals surface area contributed by atoms with Gasteiger partial charge in [-0.3, -0.25) is 0 Å². The number of fused-ring (bicyclic) bond motifs is 1. The fourth-order valence-corrected chi connectivity index (χ4v) is 4.12. The molecular formula is C17H20ClNOS. The monoisotopic (exact) mass is 321 g/mol. The first-order chi connectivity index (χ1) is 10.0. The smallest absolute Gasteiger partial charge is 0.123 e. The van der Waals surface area contributed by atoms with E-state index in [1.165, 1.54) is 20.9 Å². The van der Waals surface area contributed by atoms with E-state index in [-0.39, 0.29) is 6.10 Å². The molecule has 0 spiro atoms. The van der Waals surface area contributed by atoms with E-state index in [0.29, 0.717) is 6.04 Å². The number of rotatable bonds is 4. The quantitative estimate of drug-likeness (QED) is 0.883. The number of halogens is 1. The van der Waals surface area contributed by atoms with Gasteiger partial charge in [-0.15, -0.1) is 11.3 Å². The molecule has 0 aliphatic carbocycles. The minimum absolute atomic E-state index is 0.195. The van der Waals surface area contributed by atoms with Gasteiger partial charge in [0.1, 0.15) is 11.9 Å². The number of hydrogen-bond donors (Lipinski definition) is 1. The Labute approximate surface area is 135 Å². The molecule has 2 aromatic rings. The molecule has 1 aliphatic rings. The summed E-state index contributed by atoms with van der Waals surface area (Å²) in [5.74, 6) is 0.974. The summed E-state index contributed by atoms with van der Waals surface area (Å²) in [5, 5.41) is 4.37. The lowest BCUT2D eigenvalue weighted by Gasteiger charge is -2.17. The largest absolute Gasteiger partial charge is 0.488 e. The number of thiophene rings is 1. The number of benzene rings is 1. The molecule has 2 nitrogen and oxygen atoms in total. The highest BCUT2D eigenvalue weighted by molar-refractivity contribution is 7.12. The predicted octanol–water partition coefficient (Wildman–Crippen LogP) is 4.67. The molecule has 2 heterocycles. The van der Waals surface area contributed by atoms with Gasteiger partial charge in [0.15, 0.2) is 0 Å². The number of ether oxygens (including phenoxy) is 1. The summed E-state index contributed by atoms with van der Waals surface area (Å²) in [5.41, 5.74) is 2.61. The molecule has 3 rings (SSSR count). The van der Waals surface area contributed by atoms with Crippen molar-refractivity contribution in [3.05, 3.63) is 50.2 Å². The SMILES string of the molecule is Cc1cc(C(C)NCC2Cc3cc(Cl)ccc3O2)c(C)s1. The van der Waals surface area contributed by atoms with Crippen molar-refractivity contribution in [1.29, 1.82) is 0 Å². The van der Waals surface area contributed by atoms with Crippen molar-refractivity contribution in [2.45, 2.75) is 39.3 Å². The minimum atomic E-state index is 0.195. The zero-order valence-electron chi connectivity index (χ0n) is 12.6. The molecule has 1 N–H and O–H groups in total. The molecule has 2 atom stereocenters. The molecule has 0 bridgehead atoms. The summed E-state index contributed by atoms with van der Waals surface area (Å²) in [7, 11) is 0. The van der Waals surface area contributed by atoms with Crippen LogP contribution in [0.4, 0.5) is 0 Å². The molecule has 0 fully saturated rings. The molecule has 0 amide bonds. The Hall–Kier alpha value is -1.03. The van der Waals surface area contributed by atoms with Crippen LogP contribution in [-0.2, 0) is 6.42 Å². The Morgan fingerprint density at radius 3 is 2.90 bits per heavy atom. The second-order valence-corrected chi connectivity index (χ2v) is 7.59. The average Bonchev–Trinajstić information content (AvgIpc) is 2.98. The predicted molar refractivity (Wildman–Crippen MR) is 89.8 cm³/mol. The van der Waals surface area contributed by atoms with Crippen LogP contribution in [0.1, 0.15) is 33.8 Å². The van der Waals surface area contributed by atoms with Crippen LogP contribution in [0.2, 0.25) is 5.02 Å². The van der Waals surface area contributed by atoms with Gasteiger partial charge in [0.05, 0.1) is 0 Å². The molecule has 1 aliphatic heterocycles. The second-order valence-electron chi connectivity index (χ2n) is 5.69. The second kappa shape index (κ2) is 5.99. The molecule has 0 saturated heterocycles. The van der Waals surface area contributed by atoms with Gasteiger partial charge in [-0.05, 0) is 56.2 Å². The van der Waals surface area contributed by atoms with E-state index in [1.807, 2.05) is 29.5 Å². The molecular weight excluding hydrogens is 302 g/mol. The fourth-order valence-electron chi connectivity index (χ4n) is 2.90. The van der Waals surface area contributed by atoms with Crippen LogP contribution < -0.4 is 10.1 Å². The first-order valence-corrected chi connectivity index (χ1v) is 8.48. The molecule has 0 saturated carbocycles. The first-order valence-electron chi connectivity index (χ1n) is 7.28. The summed E-state index contributed by atoms with van der Waals surface area (Å²) in [6.45, 7) is 7.42. The van der Waals surface area contributed by atoms with E-state index < -0.39 is 0 Å². The van der Waals surface area contributed by atoms with Crippen LogP contribution in [-0.4, -0.2) is 12.6 Å². The maximum Gasteiger partial charge on any atom is 0.123 e. The van der Waals surface area contributed by atoms with E-state index in [4.69, 9.17) is 16.3 Å². The van der Waals surface area contributed by atoms with Crippen molar-refractivity contribution >= 4 is 22.9 Å². The topological polar surface area (TPSA) is 21.3 Å². The van der Waals surface area contributed by atoms with Crippen molar-refractivity contribution in [1.82, 2.24) is 5.32 Å². The highest BCUT2D eigenvalue weighted by Crippen LogP contribution is 2.31. The van der Waals surface area contributed by atoms with E-state index in [0.717, 1.165) is 23.7 Å². The zero-order valence-corrected chi connectivity index (χ0v) is 14.1. The molecule has 1 aromatic carbocycles. The van der Waals surface area contributed by atoms with Gasteiger partial charge in [0.25, 0.3) is 0 Å². The van der Waals surface area contributed by atoms with Crippen LogP contribution in [0.3, 0.4) is 0 Å². The lowest BCUT2D eigenvalue weighted by molar-refractivity contribution is 0.222. The third-order valence-corrected chi connectivity index (χ3v) is 5.18. The summed E-state index contributed by atoms with van der Waals surface area (Å²) in [6.07, 6.45) is 1.12. The zero-order chi connectivity index (χ0) is 15.0. The lowest BCUT2D eigenvalue weighted by Crippen LogP contribution is -2.31. The lowest BCUT2D eigenvalue weighted by atomic mass is 10.1. The number of nitrogens with one attached hydrogen (secondary N) is 1. The van der Waals surface area contributed by atoms with E-state index in [1.54, 1.807) is 0 Å². The summed E-state index contributed by atoms with van der Waals surface area (Å²) >= 11 is 7.89. The fraction of sp³-hybridized carbons (Fsp3) is 0.412. The van der Waals surface area contributed by atoms with Crippen LogP contribution >= 0.6 is 22.9 Å². The van der Waals surface area contributed by atoms with Crippen molar-refractivity contribution < 1.29 is 4.74 Å². The van der Waals surface area contributed by atoms with Crippen LogP contribution in [0.15, 0.2) is 24.3 Å². The average molecular weight is 322 g/mol. The first kappa shape index (κ1) is 14.9. The van der Waals surface area contributed by atoms with E-state index in [2.05, 4.69) is 32.2 Å². The standard InChI is InChI=1S/C17H20ClNOS/c1-10-6-16(12(3)21-10)11(2)19-9-15-8-13-7-14(18)4-5-17(13)20-15/h4-7,11,15,19H,8-9H2,1-3H3. The van der Waals surface area contributed by atoms with Crippen molar-refractivity contribution in [2.24, 2.45) is 0 Å². The molecule has 4 heteroatoms. The van der Waals surface area contributed by atoms with E-state index in [9.17, 15) is 0 Å². The Bertz CT molecular complexity index is 652. The van der Waals surface area contributed by atoms with Crippen molar-refractivity contribution in [3.63, 3.8) is 0 Å². The number of aryl methyl sites for hydroxylation is 2. The van der Waals surface area contributed by atoms with Gasteiger partial charge in [0.2, 0.25) is 0 Å².